The quantitative estimate of drug-likeness (QED) is 0.859. The average molecular weight is 320 g/mol. The summed E-state index contributed by atoms with van der Waals surface area (Å²) in [5.74, 6) is 0.434. The number of methoxy groups -OCH3 is 1. The van der Waals surface area contributed by atoms with Gasteiger partial charge in [-0.2, -0.15) is 0 Å². The number of carbonyl (C=O) groups is 1. The largest absolute Gasteiger partial charge is 0.497 e. The van der Waals surface area contributed by atoms with E-state index in [0.29, 0.717) is 29.3 Å². The SMILES string of the molecule is COc1cccc(C(=O)NCC[C@@H](O)c2cccc(Cl)c2)c1. The molecule has 1 atom stereocenters. The molecule has 5 heteroatoms. The molecule has 2 aromatic carbocycles. The van der Waals surface area contributed by atoms with Gasteiger partial charge in [0, 0.05) is 17.1 Å². The Morgan fingerprint density at radius 1 is 1.27 bits per heavy atom. The van der Waals surface area contributed by atoms with Crippen LogP contribution in [0.1, 0.15) is 28.4 Å². The van der Waals surface area contributed by atoms with E-state index in [4.69, 9.17) is 16.3 Å². The number of benzene rings is 2. The first-order valence-corrected chi connectivity index (χ1v) is 7.33. The predicted molar refractivity (Wildman–Crippen MR) is 86.4 cm³/mol. The molecular weight excluding hydrogens is 302 g/mol. The zero-order valence-electron chi connectivity index (χ0n) is 12.3. The van der Waals surface area contributed by atoms with E-state index in [1.54, 1.807) is 55.6 Å². The van der Waals surface area contributed by atoms with Crippen LogP contribution in [-0.4, -0.2) is 24.7 Å². The molecule has 116 valence electrons. The van der Waals surface area contributed by atoms with E-state index >= 15 is 0 Å². The van der Waals surface area contributed by atoms with Crippen LogP contribution in [0.2, 0.25) is 5.02 Å². The molecule has 0 radical (unpaired) electrons. The Balaban J connectivity index is 1.86. The molecule has 0 aromatic heterocycles. The second-order valence-corrected chi connectivity index (χ2v) is 5.28. The van der Waals surface area contributed by atoms with Crippen molar-refractivity contribution >= 4 is 17.5 Å². The molecule has 2 aromatic rings. The first-order chi connectivity index (χ1) is 10.6. The van der Waals surface area contributed by atoms with Crippen LogP contribution in [0.5, 0.6) is 5.75 Å². The smallest absolute Gasteiger partial charge is 0.251 e. The van der Waals surface area contributed by atoms with Crippen LogP contribution >= 0.6 is 11.6 Å². The number of amides is 1. The monoisotopic (exact) mass is 319 g/mol. The van der Waals surface area contributed by atoms with Gasteiger partial charge in [-0.15, -0.1) is 0 Å². The highest BCUT2D eigenvalue weighted by Gasteiger charge is 2.10. The van der Waals surface area contributed by atoms with E-state index in [1.165, 1.54) is 0 Å². The molecule has 0 aliphatic carbocycles. The summed E-state index contributed by atoms with van der Waals surface area (Å²) in [6.07, 6.45) is -0.250. The molecule has 22 heavy (non-hydrogen) atoms. The van der Waals surface area contributed by atoms with Crippen molar-refractivity contribution in [3.8, 4) is 5.75 Å². The Kier molecular flexibility index (Phi) is 5.81. The zero-order valence-corrected chi connectivity index (χ0v) is 13.0. The van der Waals surface area contributed by atoms with Crippen molar-refractivity contribution in [3.63, 3.8) is 0 Å². The highest BCUT2D eigenvalue weighted by atomic mass is 35.5. The number of hydrogen-bond acceptors (Lipinski definition) is 3. The van der Waals surface area contributed by atoms with Gasteiger partial charge < -0.3 is 15.2 Å². The predicted octanol–water partition coefficient (Wildman–Crippen LogP) is 3.20. The normalized spacial score (nSPS) is 11.8. The van der Waals surface area contributed by atoms with Crippen LogP contribution in [0.15, 0.2) is 48.5 Å². The molecule has 2 rings (SSSR count). The number of aliphatic hydroxyl groups excluding tert-OH is 1. The van der Waals surface area contributed by atoms with E-state index in [9.17, 15) is 9.90 Å². The van der Waals surface area contributed by atoms with Crippen LogP contribution in [0, 0.1) is 0 Å². The minimum absolute atomic E-state index is 0.197. The molecule has 2 N–H and O–H groups in total. The van der Waals surface area contributed by atoms with Gasteiger partial charge >= 0.3 is 0 Å². The zero-order chi connectivity index (χ0) is 15.9. The molecule has 0 aliphatic heterocycles. The van der Waals surface area contributed by atoms with Gasteiger partial charge in [-0.3, -0.25) is 4.79 Å². The molecule has 0 bridgehead atoms. The first-order valence-electron chi connectivity index (χ1n) is 6.96. The van der Waals surface area contributed by atoms with E-state index in [2.05, 4.69) is 5.32 Å². The Morgan fingerprint density at radius 2 is 2.05 bits per heavy atom. The molecule has 0 saturated carbocycles. The van der Waals surface area contributed by atoms with Crippen LogP contribution in [0.4, 0.5) is 0 Å². The third kappa shape index (κ3) is 4.48. The molecule has 4 nitrogen and oxygen atoms in total. The summed E-state index contributed by atoms with van der Waals surface area (Å²) in [6, 6.07) is 14.0. The first kappa shape index (κ1) is 16.3. The minimum atomic E-state index is -0.663. The number of ether oxygens (including phenoxy) is 1. The molecule has 0 unspecified atom stereocenters. The lowest BCUT2D eigenvalue weighted by Gasteiger charge is -2.12. The maximum atomic E-state index is 12.0. The molecule has 0 heterocycles. The van der Waals surface area contributed by atoms with Gasteiger partial charge in [0.2, 0.25) is 0 Å². The molecule has 0 aliphatic rings. The van der Waals surface area contributed by atoms with Crippen molar-refractivity contribution in [2.45, 2.75) is 12.5 Å². The van der Waals surface area contributed by atoms with Crippen LogP contribution in [-0.2, 0) is 0 Å². The van der Waals surface area contributed by atoms with Crippen molar-refractivity contribution in [3.05, 3.63) is 64.7 Å². The molecule has 1 amide bonds. The van der Waals surface area contributed by atoms with Gasteiger partial charge in [-0.1, -0.05) is 29.8 Å². The van der Waals surface area contributed by atoms with E-state index < -0.39 is 6.10 Å². The highest BCUT2D eigenvalue weighted by Crippen LogP contribution is 2.20. The Morgan fingerprint density at radius 3 is 2.77 bits per heavy atom. The number of carbonyl (C=O) groups excluding carboxylic acids is 1. The number of halogens is 1. The summed E-state index contributed by atoms with van der Waals surface area (Å²) >= 11 is 5.89. The van der Waals surface area contributed by atoms with Crippen molar-refractivity contribution in [1.82, 2.24) is 5.32 Å². The van der Waals surface area contributed by atoms with E-state index in [0.717, 1.165) is 5.56 Å². The van der Waals surface area contributed by atoms with Crippen LogP contribution in [0.25, 0.3) is 0 Å². The van der Waals surface area contributed by atoms with Gasteiger partial charge in [0.1, 0.15) is 5.75 Å². The topological polar surface area (TPSA) is 58.6 Å². The number of aliphatic hydroxyl groups is 1. The van der Waals surface area contributed by atoms with E-state index in [1.807, 2.05) is 0 Å². The fourth-order valence-corrected chi connectivity index (χ4v) is 2.27. The number of nitrogens with one attached hydrogen (secondary N) is 1. The lowest BCUT2D eigenvalue weighted by atomic mass is 10.1. The summed E-state index contributed by atoms with van der Waals surface area (Å²) in [5.41, 5.74) is 1.26. The number of rotatable bonds is 6. The summed E-state index contributed by atoms with van der Waals surface area (Å²) in [5, 5.41) is 13.4. The number of hydrogen-bond donors (Lipinski definition) is 2. The maximum absolute atomic E-state index is 12.0. The van der Waals surface area contributed by atoms with Crippen molar-refractivity contribution < 1.29 is 14.6 Å². The van der Waals surface area contributed by atoms with Gasteiger partial charge in [0.05, 0.1) is 13.2 Å². The summed E-state index contributed by atoms with van der Waals surface area (Å²) in [7, 11) is 1.55. The average Bonchev–Trinajstić information content (AvgIpc) is 2.54. The van der Waals surface area contributed by atoms with Gasteiger partial charge in [-0.25, -0.2) is 0 Å². The van der Waals surface area contributed by atoms with Crippen LogP contribution < -0.4 is 10.1 Å². The second kappa shape index (κ2) is 7.82. The van der Waals surface area contributed by atoms with Crippen molar-refractivity contribution in [1.29, 1.82) is 0 Å². The maximum Gasteiger partial charge on any atom is 0.251 e. The summed E-state index contributed by atoms with van der Waals surface area (Å²) < 4.78 is 5.08. The van der Waals surface area contributed by atoms with Crippen LogP contribution in [0.3, 0.4) is 0 Å². The van der Waals surface area contributed by atoms with Crippen molar-refractivity contribution in [2.24, 2.45) is 0 Å². The minimum Gasteiger partial charge on any atom is -0.497 e. The van der Waals surface area contributed by atoms with Gasteiger partial charge in [0.15, 0.2) is 0 Å². The Labute approximate surface area is 134 Å². The summed E-state index contributed by atoms with van der Waals surface area (Å²) in [4.78, 5) is 12.0. The summed E-state index contributed by atoms with van der Waals surface area (Å²) in [6.45, 7) is 0.365. The third-order valence-corrected chi connectivity index (χ3v) is 3.50. The Bertz CT molecular complexity index is 645. The standard InChI is InChI=1S/C17H18ClNO3/c1-22-15-7-3-5-13(11-15)17(21)19-9-8-16(20)12-4-2-6-14(18)10-12/h2-7,10-11,16,20H,8-9H2,1H3,(H,19,21)/t16-/m1/s1. The van der Waals surface area contributed by atoms with Gasteiger partial charge in [-0.05, 0) is 42.3 Å². The Hall–Kier alpha value is -2.04. The second-order valence-electron chi connectivity index (χ2n) is 4.85. The van der Waals surface area contributed by atoms with Gasteiger partial charge in [0.25, 0.3) is 5.91 Å². The molecular formula is C17H18ClNO3. The molecule has 0 spiro atoms. The lowest BCUT2D eigenvalue weighted by molar-refractivity contribution is 0.0942. The third-order valence-electron chi connectivity index (χ3n) is 3.27. The fraction of sp³-hybridized carbons (Fsp3) is 0.235. The lowest BCUT2D eigenvalue weighted by Crippen LogP contribution is -2.25. The van der Waals surface area contributed by atoms with E-state index in [-0.39, 0.29) is 5.91 Å². The fourth-order valence-electron chi connectivity index (χ4n) is 2.07. The molecule has 0 saturated heterocycles. The van der Waals surface area contributed by atoms with Crippen molar-refractivity contribution in [2.75, 3.05) is 13.7 Å². The molecule has 0 fully saturated rings. The highest BCUT2D eigenvalue weighted by molar-refractivity contribution is 6.30.